The first-order chi connectivity index (χ1) is 28.5. The summed E-state index contributed by atoms with van der Waals surface area (Å²) in [4.78, 5) is 30.0. The number of benzene rings is 4. The van der Waals surface area contributed by atoms with Crippen LogP contribution < -0.4 is 27.6 Å². The van der Waals surface area contributed by atoms with Gasteiger partial charge < -0.3 is 31.4 Å². The SMILES string of the molecule is CC1(C)OB(c2ccc3c(c2)CCc2cc(Cl)ccc2N3)OC1(C)C.NC(=O)c1cccc(-c2ccc3c(c2)CCc2cc(Cl)ccc2N3)n1.NC(=O)c1cccc(Br)n1. The number of aromatic nitrogens is 2. The van der Waals surface area contributed by atoms with E-state index in [4.69, 9.17) is 44.0 Å². The second-order valence-corrected chi connectivity index (χ2v) is 17.4. The third-order valence-electron chi connectivity index (χ3n) is 11.0. The van der Waals surface area contributed by atoms with Crippen molar-refractivity contribution in [3.05, 3.63) is 157 Å². The molecule has 60 heavy (non-hydrogen) atoms. The van der Waals surface area contributed by atoms with Gasteiger partial charge in [-0.25, -0.2) is 9.97 Å². The van der Waals surface area contributed by atoms with Crippen LogP contribution >= 0.6 is 39.1 Å². The maximum Gasteiger partial charge on any atom is 0.494 e. The van der Waals surface area contributed by atoms with Crippen LogP contribution in [0, 0.1) is 0 Å². The van der Waals surface area contributed by atoms with E-state index in [1.165, 1.54) is 22.3 Å². The minimum atomic E-state index is -0.523. The number of amides is 2. The zero-order valence-electron chi connectivity index (χ0n) is 33.6. The number of primary amides is 2. The summed E-state index contributed by atoms with van der Waals surface area (Å²) in [5.74, 6) is -1.04. The molecule has 10 nitrogen and oxygen atoms in total. The van der Waals surface area contributed by atoms with E-state index >= 15 is 0 Å². The highest BCUT2D eigenvalue weighted by Crippen LogP contribution is 2.38. The highest BCUT2D eigenvalue weighted by atomic mass is 79.9. The zero-order valence-corrected chi connectivity index (χ0v) is 36.7. The lowest BCUT2D eigenvalue weighted by molar-refractivity contribution is 0.00578. The van der Waals surface area contributed by atoms with Crippen LogP contribution in [0.15, 0.2) is 114 Å². The first kappa shape index (κ1) is 42.9. The van der Waals surface area contributed by atoms with Gasteiger partial charge in [-0.05, 0) is 176 Å². The van der Waals surface area contributed by atoms with Gasteiger partial charge in [-0.2, -0.15) is 0 Å². The van der Waals surface area contributed by atoms with Crippen molar-refractivity contribution >= 4 is 86.3 Å². The highest BCUT2D eigenvalue weighted by Gasteiger charge is 2.51. The number of carbonyl (C=O) groups excluding carboxylic acids is 2. The normalized spacial score (nSPS) is 15.3. The Balaban J connectivity index is 0.000000148. The largest absolute Gasteiger partial charge is 0.494 e. The molecular weight excluding hydrogens is 862 g/mol. The Morgan fingerprint density at radius 2 is 1.07 bits per heavy atom. The monoisotopic (exact) mass is 904 g/mol. The van der Waals surface area contributed by atoms with Crippen molar-refractivity contribution in [1.82, 2.24) is 9.97 Å². The smallest absolute Gasteiger partial charge is 0.399 e. The Kier molecular flexibility index (Phi) is 12.7. The number of hydrogen-bond donors (Lipinski definition) is 4. The van der Waals surface area contributed by atoms with Crippen molar-refractivity contribution in [1.29, 1.82) is 0 Å². The molecule has 9 rings (SSSR count). The van der Waals surface area contributed by atoms with Crippen LogP contribution in [0.3, 0.4) is 0 Å². The summed E-state index contributed by atoms with van der Waals surface area (Å²) in [5.41, 5.74) is 22.3. The van der Waals surface area contributed by atoms with Crippen LogP contribution in [0.4, 0.5) is 22.7 Å². The van der Waals surface area contributed by atoms with Gasteiger partial charge in [0.2, 0.25) is 0 Å². The van der Waals surface area contributed by atoms with Gasteiger partial charge in [0.25, 0.3) is 11.8 Å². The third kappa shape index (κ3) is 9.86. The maximum absolute atomic E-state index is 11.4. The molecule has 1 fully saturated rings. The van der Waals surface area contributed by atoms with Crippen LogP contribution in [0.25, 0.3) is 11.3 Å². The van der Waals surface area contributed by atoms with Gasteiger partial charge >= 0.3 is 7.12 Å². The molecule has 4 aromatic carbocycles. The van der Waals surface area contributed by atoms with E-state index in [-0.39, 0.29) is 29.7 Å². The number of nitrogens with two attached hydrogens (primary N) is 2. The number of aryl methyl sites for hydroxylation is 4. The Morgan fingerprint density at radius 1 is 0.617 bits per heavy atom. The molecule has 2 amide bonds. The highest BCUT2D eigenvalue weighted by molar-refractivity contribution is 9.10. The summed E-state index contributed by atoms with van der Waals surface area (Å²) in [5, 5.41) is 8.56. The number of nitrogens with one attached hydrogen (secondary N) is 2. The van der Waals surface area contributed by atoms with Crippen molar-refractivity contribution in [3.63, 3.8) is 0 Å². The van der Waals surface area contributed by atoms with Crippen molar-refractivity contribution in [2.24, 2.45) is 11.5 Å². The van der Waals surface area contributed by atoms with Crippen LogP contribution in [-0.2, 0) is 35.0 Å². The molecular formula is C46H44BBrCl2N6O4. The fourth-order valence-corrected chi connectivity index (χ4v) is 7.77. The van der Waals surface area contributed by atoms with Crippen molar-refractivity contribution in [2.45, 2.75) is 64.6 Å². The second kappa shape index (κ2) is 17.8. The molecule has 1 saturated heterocycles. The van der Waals surface area contributed by atoms with Crippen molar-refractivity contribution < 1.29 is 18.9 Å². The van der Waals surface area contributed by atoms with Crippen LogP contribution in [0.1, 0.15) is 70.9 Å². The number of hydrogen-bond acceptors (Lipinski definition) is 8. The number of anilines is 4. The van der Waals surface area contributed by atoms with E-state index in [0.29, 0.717) is 4.60 Å². The Labute approximate surface area is 368 Å². The number of carbonyl (C=O) groups is 2. The summed E-state index contributed by atoms with van der Waals surface area (Å²) in [6.45, 7) is 8.33. The fraction of sp³-hybridized carbons (Fsp3) is 0.217. The summed E-state index contributed by atoms with van der Waals surface area (Å²) in [6, 6.07) is 34.8. The van der Waals surface area contributed by atoms with Gasteiger partial charge in [0.05, 0.1) is 16.9 Å². The van der Waals surface area contributed by atoms with E-state index < -0.39 is 11.8 Å². The standard InChI is InChI=1S/C20H23BClNO2.C20H16ClN3O.C6H5BrN2O/c1-19(2)20(3,4)25-21(24-19)15-7-9-17-13(11-15)5-6-14-12-16(22)8-10-18(14)23-17;21-15-7-9-18-14(11-15)5-4-12-10-13(6-8-17(12)23-18)16-2-1-3-19(24-16)20(22)25;7-5-3-1-2-4(9-5)6(8)10/h7-12,23H,5-6H2,1-4H3;1-3,6-11,23H,4-5H2,(H2,22,25);1-3H,(H2,8,10). The molecule has 5 heterocycles. The van der Waals surface area contributed by atoms with Crippen molar-refractivity contribution in [2.75, 3.05) is 10.6 Å². The topological polar surface area (TPSA) is 154 Å². The van der Waals surface area contributed by atoms with Crippen molar-refractivity contribution in [3.8, 4) is 11.3 Å². The number of rotatable bonds is 4. The summed E-state index contributed by atoms with van der Waals surface area (Å²) < 4.78 is 13.0. The first-order valence-corrected chi connectivity index (χ1v) is 21.0. The molecule has 0 saturated carbocycles. The summed E-state index contributed by atoms with van der Waals surface area (Å²) >= 11 is 15.4. The molecule has 0 unspecified atom stereocenters. The number of fused-ring (bicyclic) bond motifs is 4. The van der Waals surface area contributed by atoms with Gasteiger partial charge in [0.15, 0.2) is 0 Å². The Morgan fingerprint density at radius 3 is 1.57 bits per heavy atom. The average molecular weight is 907 g/mol. The Hall–Kier alpha value is -5.24. The predicted octanol–water partition coefficient (Wildman–Crippen LogP) is 9.77. The van der Waals surface area contributed by atoms with E-state index in [1.54, 1.807) is 30.3 Å². The van der Waals surface area contributed by atoms with E-state index in [2.05, 4.69) is 94.6 Å². The molecule has 0 radical (unpaired) electrons. The molecule has 14 heteroatoms. The summed E-state index contributed by atoms with van der Waals surface area (Å²) in [6.07, 6.45) is 3.73. The van der Waals surface area contributed by atoms with Gasteiger partial charge in [-0.15, -0.1) is 0 Å². The maximum atomic E-state index is 11.4. The van der Waals surface area contributed by atoms with E-state index in [9.17, 15) is 9.59 Å². The lowest BCUT2D eigenvalue weighted by atomic mass is 9.78. The molecule has 0 spiro atoms. The van der Waals surface area contributed by atoms with Gasteiger partial charge in [-0.3, -0.25) is 9.59 Å². The molecule has 6 N–H and O–H groups in total. The van der Waals surface area contributed by atoms with Crippen LogP contribution in [0.5, 0.6) is 0 Å². The fourth-order valence-electron chi connectivity index (χ4n) is 7.04. The van der Waals surface area contributed by atoms with Crippen LogP contribution in [-0.4, -0.2) is 40.1 Å². The van der Waals surface area contributed by atoms with E-state index in [0.717, 1.165) is 75.2 Å². The third-order valence-corrected chi connectivity index (χ3v) is 11.9. The average Bonchev–Trinajstić information content (AvgIpc) is 3.36. The molecule has 3 aliphatic rings. The lowest BCUT2D eigenvalue weighted by Gasteiger charge is -2.32. The second-order valence-electron chi connectivity index (χ2n) is 15.7. The minimum absolute atomic E-state index is 0.271. The molecule has 0 bridgehead atoms. The predicted molar refractivity (Wildman–Crippen MR) is 245 cm³/mol. The molecule has 0 atom stereocenters. The van der Waals surface area contributed by atoms with Gasteiger partial charge in [-0.1, -0.05) is 53.5 Å². The number of pyridine rings is 2. The first-order valence-electron chi connectivity index (χ1n) is 19.5. The van der Waals surface area contributed by atoms with Gasteiger partial charge in [0, 0.05) is 38.4 Å². The molecule has 306 valence electrons. The molecule has 2 aromatic heterocycles. The molecule has 0 aliphatic carbocycles. The summed E-state index contributed by atoms with van der Waals surface area (Å²) in [7, 11) is -0.324. The molecule has 6 aromatic rings. The quantitative estimate of drug-likeness (QED) is 0.101. The van der Waals surface area contributed by atoms with E-state index in [1.807, 2.05) is 48.5 Å². The molecule has 3 aliphatic heterocycles. The Bertz CT molecular complexity index is 2590. The number of nitrogens with zero attached hydrogens (tertiary/aromatic N) is 2. The van der Waals surface area contributed by atoms with Gasteiger partial charge in [0.1, 0.15) is 16.0 Å². The number of halogens is 3. The minimum Gasteiger partial charge on any atom is -0.399 e. The lowest BCUT2D eigenvalue weighted by Crippen LogP contribution is -2.41. The van der Waals surface area contributed by atoms with Crippen LogP contribution in [0.2, 0.25) is 10.0 Å². The zero-order chi connectivity index (χ0) is 42.8.